The molecule has 0 bridgehead atoms. The first-order valence-corrected chi connectivity index (χ1v) is 8.10. The molecule has 2 N–H and O–H groups in total. The third kappa shape index (κ3) is 2.52. The molecule has 0 saturated carbocycles. The number of hydrogen-bond donors (Lipinski definition) is 1. The second-order valence-electron chi connectivity index (χ2n) is 4.99. The highest BCUT2D eigenvalue weighted by molar-refractivity contribution is 7.89. The highest BCUT2D eigenvalue weighted by atomic mass is 35.5. The van der Waals surface area contributed by atoms with Crippen molar-refractivity contribution in [1.29, 1.82) is 0 Å². The van der Waals surface area contributed by atoms with Gasteiger partial charge >= 0.3 is 0 Å². The van der Waals surface area contributed by atoms with Gasteiger partial charge in [-0.3, -0.25) is 0 Å². The van der Waals surface area contributed by atoms with Crippen LogP contribution >= 0.6 is 11.6 Å². The molecule has 2 unspecified atom stereocenters. The van der Waals surface area contributed by atoms with Crippen molar-refractivity contribution in [2.75, 3.05) is 13.1 Å². The average Bonchev–Trinajstić information content (AvgIpc) is 2.70. The molecule has 1 aliphatic heterocycles. The van der Waals surface area contributed by atoms with Gasteiger partial charge in [0.2, 0.25) is 5.03 Å². The van der Waals surface area contributed by atoms with E-state index in [0.717, 1.165) is 12.8 Å². The SMILES string of the molecule is CC1CCCN(S(=O)(=O)c2ncn(C)c2Cl)C1CN. The maximum atomic E-state index is 12.6. The first-order valence-electron chi connectivity index (χ1n) is 6.28. The summed E-state index contributed by atoms with van der Waals surface area (Å²) >= 11 is 6.00. The third-order valence-electron chi connectivity index (χ3n) is 3.69. The summed E-state index contributed by atoms with van der Waals surface area (Å²) in [5.41, 5.74) is 5.74. The molecule has 1 aromatic heterocycles. The molecule has 2 atom stereocenters. The Bertz CT molecular complexity index is 557. The van der Waals surface area contributed by atoms with E-state index in [1.54, 1.807) is 7.05 Å². The number of hydrogen-bond acceptors (Lipinski definition) is 4. The van der Waals surface area contributed by atoms with E-state index in [2.05, 4.69) is 4.98 Å². The molecule has 1 aromatic rings. The maximum absolute atomic E-state index is 12.6. The number of nitrogens with two attached hydrogens (primary N) is 1. The van der Waals surface area contributed by atoms with Gasteiger partial charge in [-0.1, -0.05) is 18.5 Å². The summed E-state index contributed by atoms with van der Waals surface area (Å²) in [6.45, 7) is 2.81. The lowest BCUT2D eigenvalue weighted by atomic mass is 9.93. The Balaban J connectivity index is 2.41. The molecule has 0 amide bonds. The highest BCUT2D eigenvalue weighted by Crippen LogP contribution is 2.30. The van der Waals surface area contributed by atoms with E-state index < -0.39 is 10.0 Å². The van der Waals surface area contributed by atoms with Crippen LogP contribution in [0.5, 0.6) is 0 Å². The minimum Gasteiger partial charge on any atom is -0.329 e. The standard InChI is InChI=1S/C11H19ClN4O2S/c1-8-4-3-5-16(9(8)6-13)19(17,18)11-10(12)15(2)7-14-11/h7-9H,3-6,13H2,1-2H3. The molecule has 1 saturated heterocycles. The molecule has 8 heteroatoms. The highest BCUT2D eigenvalue weighted by Gasteiger charge is 2.38. The normalized spacial score (nSPS) is 25.7. The van der Waals surface area contributed by atoms with E-state index in [1.165, 1.54) is 15.2 Å². The smallest absolute Gasteiger partial charge is 0.263 e. The van der Waals surface area contributed by atoms with Gasteiger partial charge in [0.15, 0.2) is 0 Å². The van der Waals surface area contributed by atoms with Gasteiger partial charge in [0.05, 0.1) is 6.33 Å². The number of nitrogens with zero attached hydrogens (tertiary/aromatic N) is 3. The molecule has 19 heavy (non-hydrogen) atoms. The van der Waals surface area contributed by atoms with Gasteiger partial charge in [0, 0.05) is 26.2 Å². The van der Waals surface area contributed by atoms with E-state index in [1.807, 2.05) is 6.92 Å². The van der Waals surface area contributed by atoms with Gasteiger partial charge in [-0.15, -0.1) is 0 Å². The molecule has 2 heterocycles. The van der Waals surface area contributed by atoms with Crippen LogP contribution in [-0.2, 0) is 17.1 Å². The number of sulfonamides is 1. The van der Waals surface area contributed by atoms with Gasteiger partial charge in [-0.05, 0) is 18.8 Å². The Morgan fingerprint density at radius 3 is 2.79 bits per heavy atom. The summed E-state index contributed by atoms with van der Waals surface area (Å²) in [5, 5.41) is 0.0539. The summed E-state index contributed by atoms with van der Waals surface area (Å²) in [6.07, 6.45) is 3.23. The van der Waals surface area contributed by atoms with Crippen molar-refractivity contribution < 1.29 is 8.42 Å². The molecule has 0 aromatic carbocycles. The molecule has 6 nitrogen and oxygen atoms in total. The fourth-order valence-corrected chi connectivity index (χ4v) is 4.70. The average molecular weight is 307 g/mol. The van der Waals surface area contributed by atoms with Gasteiger partial charge in [0.1, 0.15) is 5.15 Å². The van der Waals surface area contributed by atoms with Crippen LogP contribution in [0.15, 0.2) is 11.4 Å². The van der Waals surface area contributed by atoms with E-state index in [4.69, 9.17) is 17.3 Å². The maximum Gasteiger partial charge on any atom is 0.263 e. The van der Waals surface area contributed by atoms with Crippen LogP contribution < -0.4 is 5.73 Å². The molecule has 108 valence electrons. The fraction of sp³-hybridized carbons (Fsp3) is 0.727. The Kier molecular flexibility index (Phi) is 4.20. The number of aryl methyl sites for hydroxylation is 1. The largest absolute Gasteiger partial charge is 0.329 e. The van der Waals surface area contributed by atoms with Gasteiger partial charge in [-0.2, -0.15) is 4.31 Å². The van der Waals surface area contributed by atoms with Crippen LogP contribution in [0.2, 0.25) is 5.15 Å². The molecule has 1 aliphatic rings. The number of aromatic nitrogens is 2. The van der Waals surface area contributed by atoms with Crippen LogP contribution in [0.4, 0.5) is 0 Å². The van der Waals surface area contributed by atoms with Crippen molar-refractivity contribution in [3.8, 4) is 0 Å². The minimum absolute atomic E-state index is 0.0794. The lowest BCUT2D eigenvalue weighted by Gasteiger charge is -2.37. The van der Waals surface area contributed by atoms with Crippen LogP contribution in [0, 0.1) is 5.92 Å². The molecular formula is C11H19ClN4O2S. The Morgan fingerprint density at radius 2 is 2.26 bits per heavy atom. The lowest BCUT2D eigenvalue weighted by Crippen LogP contribution is -2.51. The number of rotatable bonds is 3. The van der Waals surface area contributed by atoms with Gasteiger partial charge in [0.25, 0.3) is 10.0 Å². The van der Waals surface area contributed by atoms with Crippen molar-refractivity contribution in [2.24, 2.45) is 18.7 Å². The number of piperidine rings is 1. The zero-order chi connectivity index (χ0) is 14.2. The van der Waals surface area contributed by atoms with Crippen molar-refractivity contribution in [3.63, 3.8) is 0 Å². The van der Waals surface area contributed by atoms with Crippen molar-refractivity contribution in [2.45, 2.75) is 30.8 Å². The van der Waals surface area contributed by atoms with E-state index in [0.29, 0.717) is 13.1 Å². The summed E-state index contributed by atoms with van der Waals surface area (Å²) in [4.78, 5) is 3.92. The van der Waals surface area contributed by atoms with Crippen LogP contribution in [0.3, 0.4) is 0 Å². The first-order chi connectivity index (χ1) is 8.89. The summed E-state index contributed by atoms with van der Waals surface area (Å²) in [5.74, 6) is 0.246. The Morgan fingerprint density at radius 1 is 1.58 bits per heavy atom. The molecule has 0 spiro atoms. The quantitative estimate of drug-likeness (QED) is 0.896. The summed E-state index contributed by atoms with van der Waals surface area (Å²) in [6, 6.07) is -0.183. The molecule has 0 radical (unpaired) electrons. The van der Waals surface area contributed by atoms with E-state index >= 15 is 0 Å². The number of halogens is 1. The number of imidazole rings is 1. The van der Waals surface area contributed by atoms with Crippen LogP contribution in [0.25, 0.3) is 0 Å². The minimum atomic E-state index is -3.68. The third-order valence-corrected chi connectivity index (χ3v) is 6.11. The van der Waals surface area contributed by atoms with Crippen molar-refractivity contribution in [3.05, 3.63) is 11.5 Å². The zero-order valence-electron chi connectivity index (χ0n) is 11.1. The second-order valence-corrected chi connectivity index (χ2v) is 7.15. The second kappa shape index (κ2) is 5.40. The summed E-state index contributed by atoms with van der Waals surface area (Å²) in [7, 11) is -2.02. The molecule has 1 fully saturated rings. The fourth-order valence-electron chi connectivity index (χ4n) is 2.54. The predicted octanol–water partition coefficient (Wildman–Crippen LogP) is 0.821. The van der Waals surface area contributed by atoms with E-state index in [9.17, 15) is 8.42 Å². The molecular weight excluding hydrogens is 288 g/mol. The van der Waals surface area contributed by atoms with E-state index in [-0.39, 0.29) is 22.1 Å². The molecule has 0 aliphatic carbocycles. The predicted molar refractivity (Wildman–Crippen MR) is 73.4 cm³/mol. The Labute approximate surface area is 118 Å². The van der Waals surface area contributed by atoms with Crippen molar-refractivity contribution in [1.82, 2.24) is 13.9 Å². The van der Waals surface area contributed by atoms with Gasteiger partial charge in [-0.25, -0.2) is 13.4 Å². The van der Waals surface area contributed by atoms with Gasteiger partial charge < -0.3 is 10.3 Å². The topological polar surface area (TPSA) is 81.2 Å². The first kappa shape index (κ1) is 14.8. The van der Waals surface area contributed by atoms with Crippen LogP contribution in [-0.4, -0.2) is 41.4 Å². The monoisotopic (exact) mass is 306 g/mol. The zero-order valence-corrected chi connectivity index (χ0v) is 12.7. The van der Waals surface area contributed by atoms with Crippen LogP contribution in [0.1, 0.15) is 19.8 Å². The molecule has 2 rings (SSSR count). The Hall–Kier alpha value is -0.630. The summed E-state index contributed by atoms with van der Waals surface area (Å²) < 4.78 is 28.2. The van der Waals surface area contributed by atoms with Crippen molar-refractivity contribution >= 4 is 21.6 Å². The lowest BCUT2D eigenvalue weighted by molar-refractivity contribution is 0.192.